The molecule has 0 bridgehead atoms. The third kappa shape index (κ3) is 6.93. The Hall–Kier alpha value is -1.11. The van der Waals surface area contributed by atoms with E-state index in [2.05, 4.69) is 5.32 Å². The van der Waals surface area contributed by atoms with E-state index < -0.39 is 10.0 Å². The number of benzene rings is 1. The van der Waals surface area contributed by atoms with E-state index in [1.165, 1.54) is 0 Å². The lowest BCUT2D eigenvalue weighted by molar-refractivity contribution is -0.121. The minimum atomic E-state index is -3.46. The highest BCUT2D eigenvalue weighted by Gasteiger charge is 2.20. The number of carbonyl (C=O) groups excluding carboxylic acids is 1. The van der Waals surface area contributed by atoms with Gasteiger partial charge in [0.15, 0.2) is 0 Å². The van der Waals surface area contributed by atoms with Crippen LogP contribution in [0.5, 0.6) is 0 Å². The van der Waals surface area contributed by atoms with Crippen LogP contribution < -0.4 is 5.32 Å². The van der Waals surface area contributed by atoms with Crippen LogP contribution in [-0.2, 0) is 21.4 Å². The van der Waals surface area contributed by atoms with E-state index in [-0.39, 0.29) is 19.0 Å². The third-order valence-electron chi connectivity index (χ3n) is 2.91. The van der Waals surface area contributed by atoms with Gasteiger partial charge in [-0.15, -0.1) is 0 Å². The highest BCUT2D eigenvalue weighted by Crippen LogP contribution is 2.13. The van der Waals surface area contributed by atoms with Crippen molar-refractivity contribution < 1.29 is 13.2 Å². The number of hydrogen-bond donors (Lipinski definition) is 1. The highest BCUT2D eigenvalue weighted by molar-refractivity contribution is 7.88. The highest BCUT2D eigenvalue weighted by atomic mass is 35.5. The molecule has 1 amide bonds. The lowest BCUT2D eigenvalue weighted by Gasteiger charge is -2.19. The van der Waals surface area contributed by atoms with Crippen molar-refractivity contribution in [1.29, 1.82) is 0 Å². The topological polar surface area (TPSA) is 66.5 Å². The monoisotopic (exact) mass is 332 g/mol. The number of rotatable bonds is 8. The fourth-order valence-electron chi connectivity index (χ4n) is 1.70. The van der Waals surface area contributed by atoms with Gasteiger partial charge in [0.1, 0.15) is 0 Å². The third-order valence-corrected chi connectivity index (χ3v) is 4.36. The van der Waals surface area contributed by atoms with E-state index in [0.717, 1.165) is 29.0 Å². The van der Waals surface area contributed by atoms with Crippen molar-refractivity contribution in [3.63, 3.8) is 0 Å². The van der Waals surface area contributed by atoms with Crippen LogP contribution in [0, 0.1) is 0 Å². The van der Waals surface area contributed by atoms with Gasteiger partial charge in [-0.25, -0.2) is 8.42 Å². The van der Waals surface area contributed by atoms with Gasteiger partial charge in [-0.05, 0) is 24.1 Å². The van der Waals surface area contributed by atoms with Crippen LogP contribution >= 0.6 is 11.6 Å². The van der Waals surface area contributed by atoms with Gasteiger partial charge in [0.05, 0.1) is 12.8 Å². The zero-order valence-corrected chi connectivity index (χ0v) is 13.9. The molecule has 7 heteroatoms. The maximum Gasteiger partial charge on any atom is 0.235 e. The first-order valence-corrected chi connectivity index (χ1v) is 9.02. The molecule has 1 aromatic carbocycles. The average Bonchev–Trinajstić information content (AvgIpc) is 2.40. The minimum Gasteiger partial charge on any atom is -0.355 e. The summed E-state index contributed by atoms with van der Waals surface area (Å²) in [5.74, 6) is -0.289. The Morgan fingerprint density at radius 2 is 1.90 bits per heavy atom. The van der Waals surface area contributed by atoms with Gasteiger partial charge in [0.25, 0.3) is 0 Å². The summed E-state index contributed by atoms with van der Waals surface area (Å²) < 4.78 is 24.7. The molecule has 0 heterocycles. The molecule has 0 radical (unpaired) electrons. The molecule has 5 nitrogen and oxygen atoms in total. The molecule has 0 saturated carbocycles. The second-order valence-electron chi connectivity index (χ2n) is 4.86. The summed E-state index contributed by atoms with van der Waals surface area (Å²) in [6.07, 6.45) is 2.95. The first-order valence-electron chi connectivity index (χ1n) is 6.79. The number of unbranched alkanes of at least 4 members (excludes halogenated alkanes) is 1. The van der Waals surface area contributed by atoms with Gasteiger partial charge in [-0.2, -0.15) is 4.31 Å². The Morgan fingerprint density at radius 1 is 1.29 bits per heavy atom. The lowest BCUT2D eigenvalue weighted by atomic mass is 10.2. The number of halogens is 1. The predicted octanol–water partition coefficient (Wildman–Crippen LogP) is 2.02. The second kappa shape index (κ2) is 8.36. The summed E-state index contributed by atoms with van der Waals surface area (Å²) in [5, 5.41) is 3.30. The standard InChI is InChI=1S/C14H21ClN2O3S/c1-3-4-9-16-14(18)11-17(21(2,19)20)10-12-5-7-13(15)8-6-12/h5-8H,3-4,9-11H2,1-2H3,(H,16,18). The summed E-state index contributed by atoms with van der Waals surface area (Å²) in [6, 6.07) is 6.88. The van der Waals surface area contributed by atoms with Crippen molar-refractivity contribution in [1.82, 2.24) is 9.62 Å². The zero-order valence-electron chi connectivity index (χ0n) is 12.3. The Bertz CT molecular complexity index is 558. The number of carbonyl (C=O) groups is 1. The van der Waals surface area contributed by atoms with Crippen molar-refractivity contribution >= 4 is 27.5 Å². The Morgan fingerprint density at radius 3 is 2.43 bits per heavy atom. The van der Waals surface area contributed by atoms with Crippen LogP contribution in [0.4, 0.5) is 0 Å². The molecule has 21 heavy (non-hydrogen) atoms. The average molecular weight is 333 g/mol. The van der Waals surface area contributed by atoms with Crippen LogP contribution in [0.3, 0.4) is 0 Å². The number of hydrogen-bond acceptors (Lipinski definition) is 3. The first-order chi connectivity index (χ1) is 9.82. The number of nitrogens with one attached hydrogen (secondary N) is 1. The lowest BCUT2D eigenvalue weighted by Crippen LogP contribution is -2.40. The number of nitrogens with zero attached hydrogens (tertiary/aromatic N) is 1. The molecule has 1 N–H and O–H groups in total. The largest absolute Gasteiger partial charge is 0.355 e. The van der Waals surface area contributed by atoms with Crippen molar-refractivity contribution in [3.05, 3.63) is 34.9 Å². The molecule has 1 aromatic rings. The zero-order chi connectivity index (χ0) is 15.9. The van der Waals surface area contributed by atoms with Crippen LogP contribution in [0.15, 0.2) is 24.3 Å². The molecule has 0 aromatic heterocycles. The fraction of sp³-hybridized carbons (Fsp3) is 0.500. The van der Waals surface area contributed by atoms with Crippen molar-refractivity contribution in [2.24, 2.45) is 0 Å². The number of amides is 1. The fourth-order valence-corrected chi connectivity index (χ4v) is 2.57. The normalized spacial score (nSPS) is 11.6. The summed E-state index contributed by atoms with van der Waals surface area (Å²) >= 11 is 5.80. The van der Waals surface area contributed by atoms with Crippen LogP contribution in [-0.4, -0.2) is 38.0 Å². The van der Waals surface area contributed by atoms with Gasteiger partial charge in [-0.1, -0.05) is 37.1 Å². The van der Waals surface area contributed by atoms with E-state index in [0.29, 0.717) is 11.6 Å². The maximum atomic E-state index is 11.8. The summed E-state index contributed by atoms with van der Waals surface area (Å²) in [6.45, 7) is 2.56. The van der Waals surface area contributed by atoms with E-state index in [1.807, 2.05) is 6.92 Å². The van der Waals surface area contributed by atoms with Gasteiger partial charge >= 0.3 is 0 Å². The van der Waals surface area contributed by atoms with E-state index in [1.54, 1.807) is 24.3 Å². The summed E-state index contributed by atoms with van der Waals surface area (Å²) in [5.41, 5.74) is 0.784. The summed E-state index contributed by atoms with van der Waals surface area (Å²) in [4.78, 5) is 11.8. The van der Waals surface area contributed by atoms with Crippen LogP contribution in [0.25, 0.3) is 0 Å². The maximum absolute atomic E-state index is 11.8. The Kier molecular flexibility index (Phi) is 7.14. The SMILES string of the molecule is CCCCNC(=O)CN(Cc1ccc(Cl)cc1)S(C)(=O)=O. The van der Waals surface area contributed by atoms with Gasteiger partial charge < -0.3 is 5.32 Å². The molecule has 0 unspecified atom stereocenters. The van der Waals surface area contributed by atoms with E-state index >= 15 is 0 Å². The molecule has 0 aliphatic rings. The number of sulfonamides is 1. The molecule has 0 aliphatic carbocycles. The van der Waals surface area contributed by atoms with Crippen molar-refractivity contribution in [2.75, 3.05) is 19.3 Å². The molecule has 0 spiro atoms. The molecular weight excluding hydrogens is 312 g/mol. The Balaban J connectivity index is 2.69. The molecule has 1 rings (SSSR count). The van der Waals surface area contributed by atoms with Crippen LogP contribution in [0.2, 0.25) is 5.02 Å². The van der Waals surface area contributed by atoms with Gasteiger partial charge in [0, 0.05) is 18.1 Å². The predicted molar refractivity (Wildman–Crippen MR) is 84.6 cm³/mol. The molecule has 0 atom stereocenters. The van der Waals surface area contributed by atoms with Crippen molar-refractivity contribution in [3.8, 4) is 0 Å². The molecule has 0 fully saturated rings. The smallest absolute Gasteiger partial charge is 0.235 e. The summed E-state index contributed by atoms with van der Waals surface area (Å²) in [7, 11) is -3.46. The molecular formula is C14H21ClN2O3S. The Labute approximate surface area is 131 Å². The quantitative estimate of drug-likeness (QED) is 0.741. The first kappa shape index (κ1) is 17.9. The van der Waals surface area contributed by atoms with Gasteiger partial charge in [-0.3, -0.25) is 4.79 Å². The molecule has 118 valence electrons. The minimum absolute atomic E-state index is 0.150. The van der Waals surface area contributed by atoms with E-state index in [9.17, 15) is 13.2 Å². The van der Waals surface area contributed by atoms with E-state index in [4.69, 9.17) is 11.6 Å². The molecule has 0 aliphatic heterocycles. The van der Waals surface area contributed by atoms with Crippen molar-refractivity contribution in [2.45, 2.75) is 26.3 Å². The second-order valence-corrected chi connectivity index (χ2v) is 7.28. The van der Waals surface area contributed by atoms with Gasteiger partial charge in [0.2, 0.25) is 15.9 Å². The van der Waals surface area contributed by atoms with Crippen LogP contribution in [0.1, 0.15) is 25.3 Å². The molecule has 0 saturated heterocycles.